The molecule has 0 saturated carbocycles. The number of carbonyl (C=O) groups excluding carboxylic acids is 1. The van der Waals surface area contributed by atoms with Crippen LogP contribution in [0.25, 0.3) is 10.9 Å². The van der Waals surface area contributed by atoms with Gasteiger partial charge in [0, 0.05) is 29.8 Å². The maximum Gasteiger partial charge on any atom is 0.327 e. The number of fused-ring (bicyclic) bond motifs is 2. The Balaban J connectivity index is 1.41. The zero-order valence-corrected chi connectivity index (χ0v) is 17.9. The topological polar surface area (TPSA) is 119 Å². The first-order chi connectivity index (χ1) is 16.0. The third kappa shape index (κ3) is 3.93. The van der Waals surface area contributed by atoms with Gasteiger partial charge in [-0.25, -0.2) is 4.79 Å². The summed E-state index contributed by atoms with van der Waals surface area (Å²) in [6.45, 7) is 2.46. The predicted octanol–water partition coefficient (Wildman–Crippen LogP) is 4.47. The number of amides is 2. The quantitative estimate of drug-likeness (QED) is 0.469. The van der Waals surface area contributed by atoms with Gasteiger partial charge in [0.25, 0.3) is 0 Å². The molecule has 5 rings (SSSR count). The molecule has 3 heterocycles. The van der Waals surface area contributed by atoms with Crippen molar-refractivity contribution in [2.75, 3.05) is 30.5 Å². The fourth-order valence-corrected chi connectivity index (χ4v) is 3.59. The van der Waals surface area contributed by atoms with E-state index in [4.69, 9.17) is 18.7 Å². The number of ether oxygens (including phenoxy) is 3. The lowest BCUT2D eigenvalue weighted by atomic mass is 10.1. The van der Waals surface area contributed by atoms with Gasteiger partial charge in [-0.2, -0.15) is 0 Å². The summed E-state index contributed by atoms with van der Waals surface area (Å²) in [6.07, 6.45) is 1.61. The Kier molecular flexibility index (Phi) is 5.09. The molecule has 2 aromatic carbocycles. The number of benzene rings is 2. The van der Waals surface area contributed by atoms with Crippen molar-refractivity contribution in [2.45, 2.75) is 6.92 Å². The number of anilines is 2. The Morgan fingerprint density at radius 2 is 2.06 bits per heavy atom. The Labute approximate surface area is 188 Å². The van der Waals surface area contributed by atoms with Crippen LogP contribution >= 0.6 is 0 Å². The Bertz CT molecular complexity index is 1350. The first-order valence-corrected chi connectivity index (χ1v) is 10.1. The second-order valence-electron chi connectivity index (χ2n) is 7.33. The van der Waals surface area contributed by atoms with E-state index in [2.05, 4.69) is 15.5 Å². The van der Waals surface area contributed by atoms with Crippen LogP contribution in [0.1, 0.15) is 5.76 Å². The lowest BCUT2D eigenvalue weighted by molar-refractivity contribution is 0.249. The van der Waals surface area contributed by atoms with Crippen molar-refractivity contribution < 1.29 is 28.6 Å². The number of aromatic nitrogens is 2. The van der Waals surface area contributed by atoms with Crippen LogP contribution in [-0.2, 0) is 0 Å². The van der Waals surface area contributed by atoms with Gasteiger partial charge in [-0.05, 0) is 31.2 Å². The average Bonchev–Trinajstić information content (AvgIpc) is 3.22. The smallest absolute Gasteiger partial charge is 0.327 e. The van der Waals surface area contributed by atoms with E-state index in [9.17, 15) is 9.90 Å². The molecule has 4 aromatic rings. The van der Waals surface area contributed by atoms with Crippen LogP contribution in [0.5, 0.6) is 28.7 Å². The van der Waals surface area contributed by atoms with Crippen molar-refractivity contribution in [3.8, 4) is 28.7 Å². The summed E-state index contributed by atoms with van der Waals surface area (Å²) in [4.78, 5) is 18.6. The summed E-state index contributed by atoms with van der Waals surface area (Å²) in [5, 5.41) is 17.3. The first-order valence-electron chi connectivity index (χ1n) is 10.1. The van der Waals surface area contributed by atoms with Crippen molar-refractivity contribution in [1.29, 1.82) is 0 Å². The van der Waals surface area contributed by atoms with Crippen molar-refractivity contribution in [1.82, 2.24) is 10.1 Å². The van der Waals surface area contributed by atoms with Crippen LogP contribution in [0.15, 0.2) is 53.2 Å². The number of phenols is 1. The van der Waals surface area contributed by atoms with Gasteiger partial charge in [0.1, 0.15) is 29.6 Å². The second kappa shape index (κ2) is 8.23. The predicted molar refractivity (Wildman–Crippen MR) is 120 cm³/mol. The van der Waals surface area contributed by atoms with E-state index in [0.717, 1.165) is 0 Å². The largest absolute Gasteiger partial charge is 0.504 e. The minimum absolute atomic E-state index is 0.0133. The molecule has 0 aliphatic carbocycles. The molecule has 2 N–H and O–H groups in total. The molecule has 0 unspecified atom stereocenters. The highest BCUT2D eigenvalue weighted by molar-refractivity contribution is 6.02. The van der Waals surface area contributed by atoms with Gasteiger partial charge in [-0.15, -0.1) is 0 Å². The van der Waals surface area contributed by atoms with Crippen LogP contribution in [0.2, 0.25) is 0 Å². The number of phenolic OH excluding ortho intramolecular Hbond substituents is 1. The molecule has 10 heteroatoms. The Morgan fingerprint density at radius 1 is 1.18 bits per heavy atom. The lowest BCUT2D eigenvalue weighted by Gasteiger charge is -2.29. The molecule has 0 atom stereocenters. The minimum atomic E-state index is -0.342. The normalized spacial score (nSPS) is 12.7. The molecule has 2 aromatic heterocycles. The summed E-state index contributed by atoms with van der Waals surface area (Å²) < 4.78 is 22.0. The van der Waals surface area contributed by atoms with Gasteiger partial charge in [0.05, 0.1) is 24.9 Å². The van der Waals surface area contributed by atoms with Crippen molar-refractivity contribution >= 4 is 28.4 Å². The highest BCUT2D eigenvalue weighted by atomic mass is 16.5. The van der Waals surface area contributed by atoms with Gasteiger partial charge in [-0.1, -0.05) is 5.16 Å². The Hall–Kier alpha value is -4.47. The van der Waals surface area contributed by atoms with E-state index in [0.29, 0.717) is 64.3 Å². The van der Waals surface area contributed by atoms with E-state index in [-0.39, 0.29) is 11.8 Å². The number of carbonyl (C=O) groups is 1. The molecule has 2 amide bonds. The fraction of sp³-hybridized carbons (Fsp3) is 0.174. The summed E-state index contributed by atoms with van der Waals surface area (Å²) in [5.41, 5.74) is 1.22. The molecule has 0 spiro atoms. The zero-order valence-electron chi connectivity index (χ0n) is 17.9. The van der Waals surface area contributed by atoms with Gasteiger partial charge in [0.2, 0.25) is 0 Å². The van der Waals surface area contributed by atoms with E-state index >= 15 is 0 Å². The highest BCUT2D eigenvalue weighted by Gasteiger charge is 2.25. The molecule has 0 saturated heterocycles. The molecule has 0 fully saturated rings. The van der Waals surface area contributed by atoms with Crippen LogP contribution in [0.3, 0.4) is 0 Å². The van der Waals surface area contributed by atoms with Gasteiger partial charge in [-0.3, -0.25) is 15.2 Å². The molecular weight excluding hydrogens is 428 g/mol. The number of nitrogens with one attached hydrogen (secondary N) is 1. The van der Waals surface area contributed by atoms with Crippen molar-refractivity contribution in [3.63, 3.8) is 0 Å². The number of methoxy groups -OCH3 is 1. The fourth-order valence-electron chi connectivity index (χ4n) is 3.59. The van der Waals surface area contributed by atoms with Crippen molar-refractivity contribution in [3.05, 3.63) is 54.4 Å². The number of aromatic hydroxyl groups is 1. The number of nitrogens with zero attached hydrogens (tertiary/aromatic N) is 3. The molecule has 33 heavy (non-hydrogen) atoms. The first kappa shape index (κ1) is 20.4. The van der Waals surface area contributed by atoms with Gasteiger partial charge >= 0.3 is 6.03 Å². The zero-order chi connectivity index (χ0) is 22.9. The molecule has 0 radical (unpaired) electrons. The molecule has 0 bridgehead atoms. The summed E-state index contributed by atoms with van der Waals surface area (Å²) in [7, 11) is 1.48. The standard InChI is InChI=1S/C23H20N4O6/c1-13-9-22(26-33-13)25-23(29)27-7-8-31-20-10-14(3-4-17(20)27)32-19-5-6-24-16-12-21(30-2)18(28)11-15(16)19/h3-6,9-12,28H,7-8H2,1-2H3,(H,25,26,29). The van der Waals surface area contributed by atoms with E-state index < -0.39 is 0 Å². The van der Waals surface area contributed by atoms with Gasteiger partial charge in [0.15, 0.2) is 17.3 Å². The third-order valence-electron chi connectivity index (χ3n) is 5.13. The highest BCUT2D eigenvalue weighted by Crippen LogP contribution is 2.39. The van der Waals surface area contributed by atoms with E-state index in [1.165, 1.54) is 7.11 Å². The maximum absolute atomic E-state index is 12.8. The van der Waals surface area contributed by atoms with Crippen LogP contribution in [0.4, 0.5) is 16.3 Å². The monoisotopic (exact) mass is 448 g/mol. The molecular formula is C23H20N4O6. The maximum atomic E-state index is 12.8. The summed E-state index contributed by atoms with van der Waals surface area (Å²) >= 11 is 0. The lowest BCUT2D eigenvalue weighted by Crippen LogP contribution is -2.40. The number of rotatable bonds is 4. The third-order valence-corrected chi connectivity index (χ3v) is 5.13. The van der Waals surface area contributed by atoms with Crippen LogP contribution < -0.4 is 24.4 Å². The van der Waals surface area contributed by atoms with Crippen LogP contribution in [0, 0.1) is 6.92 Å². The average molecular weight is 448 g/mol. The SMILES string of the molecule is COc1cc2nccc(Oc3ccc4c(c3)OCCN4C(=O)Nc3cc(C)on3)c2cc1O. The minimum Gasteiger partial charge on any atom is -0.504 e. The second-order valence-corrected chi connectivity index (χ2v) is 7.33. The number of hydrogen-bond donors (Lipinski definition) is 2. The molecule has 1 aliphatic heterocycles. The molecule has 168 valence electrons. The molecule has 1 aliphatic rings. The van der Waals surface area contributed by atoms with E-state index in [1.54, 1.807) is 60.5 Å². The summed E-state index contributed by atoms with van der Waals surface area (Å²) in [6, 6.07) is 11.4. The number of pyridine rings is 1. The van der Waals surface area contributed by atoms with Crippen molar-refractivity contribution in [2.24, 2.45) is 0 Å². The number of hydrogen-bond acceptors (Lipinski definition) is 8. The summed E-state index contributed by atoms with van der Waals surface area (Å²) in [5.74, 6) is 2.78. The number of urea groups is 1. The Morgan fingerprint density at radius 3 is 2.85 bits per heavy atom. The number of aryl methyl sites for hydroxylation is 1. The van der Waals surface area contributed by atoms with Crippen LogP contribution in [-0.4, -0.2) is 41.5 Å². The van der Waals surface area contributed by atoms with Gasteiger partial charge < -0.3 is 23.8 Å². The van der Waals surface area contributed by atoms with E-state index in [1.807, 2.05) is 0 Å². The molecule has 10 nitrogen and oxygen atoms in total.